The van der Waals surface area contributed by atoms with Crippen molar-refractivity contribution in [1.82, 2.24) is 0 Å². The first-order valence-electron chi connectivity index (χ1n) is 5.65. The summed E-state index contributed by atoms with van der Waals surface area (Å²) in [4.78, 5) is 11.8. The second-order valence-corrected chi connectivity index (χ2v) is 5.09. The van der Waals surface area contributed by atoms with Gasteiger partial charge >= 0.3 is 0 Å². The van der Waals surface area contributed by atoms with Gasteiger partial charge in [0.15, 0.2) is 0 Å². The van der Waals surface area contributed by atoms with Crippen LogP contribution in [0.2, 0.25) is 0 Å². The molecule has 0 aromatic rings. The van der Waals surface area contributed by atoms with Crippen LogP contribution in [0, 0.1) is 5.92 Å². The molecule has 0 bridgehead atoms. The molecule has 1 aliphatic carbocycles. The van der Waals surface area contributed by atoms with E-state index in [9.17, 15) is 4.79 Å². The third-order valence-corrected chi connectivity index (χ3v) is 3.88. The van der Waals surface area contributed by atoms with Crippen LogP contribution < -0.4 is 0 Å². The van der Waals surface area contributed by atoms with E-state index in [1.54, 1.807) is 0 Å². The second kappa shape index (κ2) is 6.31. The Bertz CT molecular complexity index is 248. The Morgan fingerprint density at radius 3 is 2.93 bits per heavy atom. The van der Waals surface area contributed by atoms with Gasteiger partial charge in [0.2, 0.25) is 0 Å². The van der Waals surface area contributed by atoms with Crippen molar-refractivity contribution in [2.75, 3.05) is 6.61 Å². The van der Waals surface area contributed by atoms with Gasteiger partial charge < -0.3 is 4.74 Å². The first kappa shape index (κ1) is 12.8. The molecule has 2 nitrogen and oxygen atoms in total. The van der Waals surface area contributed by atoms with Crippen molar-refractivity contribution in [1.29, 1.82) is 0 Å². The van der Waals surface area contributed by atoms with Crippen molar-refractivity contribution in [3.8, 4) is 0 Å². The number of rotatable bonds is 5. The molecule has 1 aliphatic rings. The highest BCUT2D eigenvalue weighted by Crippen LogP contribution is 2.32. The van der Waals surface area contributed by atoms with Crippen molar-refractivity contribution in [2.24, 2.45) is 5.92 Å². The minimum absolute atomic E-state index is 0.349. The molecule has 2 atom stereocenters. The highest BCUT2D eigenvalue weighted by atomic mass is 79.9. The molecule has 86 valence electrons. The Hall–Kier alpha value is -0.310. The van der Waals surface area contributed by atoms with E-state index in [0.29, 0.717) is 36.0 Å². The number of halogens is 1. The molecule has 2 unspecified atom stereocenters. The SMILES string of the molecule is CCOC1=CCC(Br)C(CC(=O)CC)C1. The van der Waals surface area contributed by atoms with Crippen molar-refractivity contribution in [3.05, 3.63) is 11.8 Å². The maximum absolute atomic E-state index is 11.4. The first-order valence-corrected chi connectivity index (χ1v) is 6.56. The predicted octanol–water partition coefficient (Wildman–Crippen LogP) is 3.45. The molecule has 0 heterocycles. The summed E-state index contributed by atoms with van der Waals surface area (Å²) in [5.41, 5.74) is 0. The molecule has 0 amide bonds. The number of carbonyl (C=O) groups is 1. The third-order valence-electron chi connectivity index (χ3n) is 2.76. The summed E-state index contributed by atoms with van der Waals surface area (Å²) in [6, 6.07) is 0. The van der Waals surface area contributed by atoms with Crippen LogP contribution in [0.15, 0.2) is 11.8 Å². The molecule has 0 spiro atoms. The van der Waals surface area contributed by atoms with Crippen LogP contribution in [-0.2, 0) is 9.53 Å². The van der Waals surface area contributed by atoms with E-state index in [0.717, 1.165) is 18.6 Å². The number of ketones is 1. The summed E-state index contributed by atoms with van der Waals surface area (Å²) >= 11 is 3.64. The zero-order chi connectivity index (χ0) is 11.3. The molecule has 0 aliphatic heterocycles. The Balaban J connectivity index is 2.51. The summed E-state index contributed by atoms with van der Waals surface area (Å²) in [6.45, 7) is 4.63. The van der Waals surface area contributed by atoms with Crippen LogP contribution in [0.25, 0.3) is 0 Å². The average molecular weight is 275 g/mol. The van der Waals surface area contributed by atoms with Crippen molar-refractivity contribution < 1.29 is 9.53 Å². The molecule has 15 heavy (non-hydrogen) atoms. The number of Topliss-reactive ketones (excluding diaryl/α,β-unsaturated/α-hetero) is 1. The maximum atomic E-state index is 11.4. The standard InChI is InChI=1S/C12H19BrO2/c1-3-10(14)7-9-8-11(15-4-2)5-6-12(9)13/h5,9,12H,3-4,6-8H2,1-2H3. The fourth-order valence-electron chi connectivity index (χ4n) is 1.85. The smallest absolute Gasteiger partial charge is 0.132 e. The van der Waals surface area contributed by atoms with Gasteiger partial charge in [-0.1, -0.05) is 22.9 Å². The zero-order valence-electron chi connectivity index (χ0n) is 9.46. The number of carbonyl (C=O) groups excluding carboxylic acids is 1. The molecule has 1 rings (SSSR count). The van der Waals surface area contributed by atoms with E-state index in [1.807, 2.05) is 13.8 Å². The predicted molar refractivity (Wildman–Crippen MR) is 65.1 cm³/mol. The molecule has 0 fully saturated rings. The minimum atomic E-state index is 0.349. The van der Waals surface area contributed by atoms with Crippen LogP contribution >= 0.6 is 15.9 Å². The maximum Gasteiger partial charge on any atom is 0.132 e. The lowest BCUT2D eigenvalue weighted by Crippen LogP contribution is -2.22. The van der Waals surface area contributed by atoms with Gasteiger partial charge in [-0.15, -0.1) is 0 Å². The number of allylic oxidation sites excluding steroid dienone is 2. The van der Waals surface area contributed by atoms with Gasteiger partial charge in [0.05, 0.1) is 12.4 Å². The van der Waals surface area contributed by atoms with E-state index < -0.39 is 0 Å². The second-order valence-electron chi connectivity index (χ2n) is 3.92. The topological polar surface area (TPSA) is 26.3 Å². The van der Waals surface area contributed by atoms with Gasteiger partial charge in [0, 0.05) is 24.1 Å². The highest BCUT2D eigenvalue weighted by Gasteiger charge is 2.26. The Labute approximate surface area is 100 Å². The monoisotopic (exact) mass is 274 g/mol. The van der Waals surface area contributed by atoms with E-state index in [1.165, 1.54) is 0 Å². The highest BCUT2D eigenvalue weighted by molar-refractivity contribution is 9.09. The summed E-state index contributed by atoms with van der Waals surface area (Å²) in [6.07, 6.45) is 5.32. The van der Waals surface area contributed by atoms with Crippen LogP contribution in [0.5, 0.6) is 0 Å². The van der Waals surface area contributed by atoms with Crippen molar-refractivity contribution >= 4 is 21.7 Å². The normalized spacial score (nSPS) is 25.9. The quantitative estimate of drug-likeness (QED) is 0.718. The summed E-state index contributed by atoms with van der Waals surface area (Å²) in [7, 11) is 0. The average Bonchev–Trinajstić information content (AvgIpc) is 2.23. The fraction of sp³-hybridized carbons (Fsp3) is 0.750. The van der Waals surface area contributed by atoms with E-state index >= 15 is 0 Å². The number of alkyl halides is 1. The van der Waals surface area contributed by atoms with Crippen molar-refractivity contribution in [2.45, 2.75) is 44.4 Å². The van der Waals surface area contributed by atoms with Crippen LogP contribution in [0.4, 0.5) is 0 Å². The number of ether oxygens (including phenoxy) is 1. The number of hydrogen-bond acceptors (Lipinski definition) is 2. The largest absolute Gasteiger partial charge is 0.499 e. The van der Waals surface area contributed by atoms with Gasteiger partial charge in [0.25, 0.3) is 0 Å². The minimum Gasteiger partial charge on any atom is -0.499 e. The van der Waals surface area contributed by atoms with Gasteiger partial charge in [-0.25, -0.2) is 0 Å². The lowest BCUT2D eigenvalue weighted by Gasteiger charge is -2.26. The molecule has 3 heteroatoms. The Morgan fingerprint density at radius 1 is 1.60 bits per heavy atom. The summed E-state index contributed by atoms with van der Waals surface area (Å²) in [5.74, 6) is 1.81. The molecule has 0 aromatic carbocycles. The van der Waals surface area contributed by atoms with Crippen LogP contribution in [-0.4, -0.2) is 17.2 Å². The van der Waals surface area contributed by atoms with E-state index in [4.69, 9.17) is 4.74 Å². The van der Waals surface area contributed by atoms with Crippen molar-refractivity contribution in [3.63, 3.8) is 0 Å². The first-order chi connectivity index (χ1) is 7.17. The molecule has 0 saturated carbocycles. The molecular formula is C12H19BrO2. The molecule has 0 radical (unpaired) electrons. The lowest BCUT2D eigenvalue weighted by atomic mass is 9.88. The lowest BCUT2D eigenvalue weighted by molar-refractivity contribution is -0.119. The van der Waals surface area contributed by atoms with Gasteiger partial charge in [-0.3, -0.25) is 4.79 Å². The van der Waals surface area contributed by atoms with Gasteiger partial charge in [0.1, 0.15) is 5.78 Å². The van der Waals surface area contributed by atoms with E-state index in [-0.39, 0.29) is 0 Å². The molecule has 0 N–H and O–H groups in total. The van der Waals surface area contributed by atoms with Gasteiger partial charge in [-0.05, 0) is 25.3 Å². The fourth-order valence-corrected chi connectivity index (χ4v) is 2.41. The summed E-state index contributed by atoms with van der Waals surface area (Å²) in [5, 5.41) is 0. The Morgan fingerprint density at radius 2 is 2.33 bits per heavy atom. The number of hydrogen-bond donors (Lipinski definition) is 0. The third kappa shape index (κ3) is 3.98. The summed E-state index contributed by atoms with van der Waals surface area (Å²) < 4.78 is 5.51. The zero-order valence-corrected chi connectivity index (χ0v) is 11.0. The molecule has 0 saturated heterocycles. The Kier molecular flexibility index (Phi) is 5.37. The molecular weight excluding hydrogens is 256 g/mol. The van der Waals surface area contributed by atoms with Crippen LogP contribution in [0.1, 0.15) is 39.5 Å². The molecule has 0 aromatic heterocycles. The van der Waals surface area contributed by atoms with Crippen LogP contribution in [0.3, 0.4) is 0 Å². The van der Waals surface area contributed by atoms with Gasteiger partial charge in [-0.2, -0.15) is 0 Å². The van der Waals surface area contributed by atoms with E-state index in [2.05, 4.69) is 22.0 Å².